The first-order valence-corrected chi connectivity index (χ1v) is 9.27. The number of hydrogen-bond acceptors (Lipinski definition) is 5. The van der Waals surface area contributed by atoms with E-state index in [1.54, 1.807) is 12.3 Å². The third-order valence-electron chi connectivity index (χ3n) is 4.32. The molecule has 0 spiro atoms. The first kappa shape index (κ1) is 18.5. The number of carbonyl (C=O) groups excluding carboxylic acids is 1. The van der Waals surface area contributed by atoms with Gasteiger partial charge in [-0.15, -0.1) is 0 Å². The average Bonchev–Trinajstić information content (AvgIpc) is 2.66. The molecule has 1 amide bonds. The molecule has 1 N–H and O–H groups in total. The topological polar surface area (TPSA) is 72.3 Å². The molecule has 1 aromatic heterocycles. The first-order chi connectivity index (χ1) is 12.6. The fourth-order valence-corrected chi connectivity index (χ4v) is 3.12. The van der Waals surface area contributed by atoms with Crippen molar-refractivity contribution in [2.45, 2.75) is 6.54 Å². The molecule has 2 aromatic rings. The summed E-state index contributed by atoms with van der Waals surface area (Å²) in [6.45, 7) is 4.81. The molecule has 1 aliphatic rings. The summed E-state index contributed by atoms with van der Waals surface area (Å²) in [4.78, 5) is 20.8. The molecule has 6 nitrogen and oxygen atoms in total. The first-order valence-electron chi connectivity index (χ1n) is 8.47. The van der Waals surface area contributed by atoms with Crippen LogP contribution >= 0.6 is 15.9 Å². The molecule has 1 fully saturated rings. The normalized spacial score (nSPS) is 15.4. The number of amides is 1. The minimum atomic E-state index is -0.0413. The highest BCUT2D eigenvalue weighted by Gasteiger charge is 2.19. The van der Waals surface area contributed by atoms with Crippen LogP contribution in [0.3, 0.4) is 0 Å². The van der Waals surface area contributed by atoms with Gasteiger partial charge in [-0.3, -0.25) is 14.6 Å². The molecule has 7 heteroatoms. The van der Waals surface area contributed by atoms with E-state index in [1.807, 2.05) is 30.3 Å². The summed E-state index contributed by atoms with van der Waals surface area (Å²) in [5, 5.41) is 11.7. The smallest absolute Gasteiger partial charge is 0.239 e. The lowest BCUT2D eigenvalue weighted by Crippen LogP contribution is -2.48. The van der Waals surface area contributed by atoms with Crippen molar-refractivity contribution in [1.29, 1.82) is 5.26 Å². The van der Waals surface area contributed by atoms with Crippen molar-refractivity contribution in [3.63, 3.8) is 0 Å². The number of nitrogens with one attached hydrogen (secondary N) is 1. The number of nitriles is 1. The highest BCUT2D eigenvalue weighted by molar-refractivity contribution is 9.10. The number of carbonyl (C=O) groups is 1. The molecule has 1 aliphatic heterocycles. The number of hydrogen-bond donors (Lipinski definition) is 1. The van der Waals surface area contributed by atoms with E-state index >= 15 is 0 Å². The Morgan fingerprint density at radius 1 is 1.12 bits per heavy atom. The van der Waals surface area contributed by atoms with E-state index in [9.17, 15) is 4.79 Å². The van der Waals surface area contributed by atoms with Crippen molar-refractivity contribution in [3.05, 3.63) is 58.2 Å². The van der Waals surface area contributed by atoms with Gasteiger partial charge in [0.15, 0.2) is 0 Å². The summed E-state index contributed by atoms with van der Waals surface area (Å²) in [6, 6.07) is 13.5. The number of nitrogens with zero attached hydrogens (tertiary/aromatic N) is 4. The summed E-state index contributed by atoms with van der Waals surface area (Å²) in [6.07, 6.45) is 1.66. The lowest BCUT2D eigenvalue weighted by atomic mass is 10.1. The minimum Gasteiger partial charge on any atom is -0.310 e. The van der Waals surface area contributed by atoms with Crippen molar-refractivity contribution >= 4 is 27.7 Å². The van der Waals surface area contributed by atoms with E-state index in [4.69, 9.17) is 5.26 Å². The molecule has 0 saturated carbocycles. The maximum absolute atomic E-state index is 12.2. The van der Waals surface area contributed by atoms with Crippen LogP contribution in [-0.4, -0.2) is 53.4 Å². The fraction of sp³-hybridized carbons (Fsp3) is 0.316. The summed E-state index contributed by atoms with van der Waals surface area (Å²) < 4.78 is 0.883. The predicted octanol–water partition coefficient (Wildman–Crippen LogP) is 2.47. The molecule has 0 unspecified atom stereocenters. The van der Waals surface area contributed by atoms with Gasteiger partial charge in [-0.2, -0.15) is 5.26 Å². The Hall–Kier alpha value is -2.27. The molecule has 0 atom stereocenters. The van der Waals surface area contributed by atoms with E-state index in [-0.39, 0.29) is 5.91 Å². The van der Waals surface area contributed by atoms with Gasteiger partial charge >= 0.3 is 0 Å². The zero-order valence-electron chi connectivity index (χ0n) is 14.4. The molecule has 3 rings (SSSR count). The summed E-state index contributed by atoms with van der Waals surface area (Å²) in [5.74, 6) is 0.526. The Morgan fingerprint density at radius 3 is 2.42 bits per heavy atom. The van der Waals surface area contributed by atoms with Gasteiger partial charge < -0.3 is 5.32 Å². The Morgan fingerprint density at radius 2 is 1.81 bits per heavy atom. The van der Waals surface area contributed by atoms with Crippen molar-refractivity contribution in [2.75, 3.05) is 38.0 Å². The number of rotatable bonds is 5. The molecular weight excluding hydrogens is 394 g/mol. The molecule has 0 bridgehead atoms. The van der Waals surface area contributed by atoms with E-state index in [2.05, 4.69) is 42.1 Å². The molecule has 2 heterocycles. The van der Waals surface area contributed by atoms with Gasteiger partial charge in [-0.05, 0) is 45.8 Å². The molecular formula is C19H20BrN5O. The maximum Gasteiger partial charge on any atom is 0.239 e. The Balaban J connectivity index is 1.42. The van der Waals surface area contributed by atoms with Crippen molar-refractivity contribution < 1.29 is 4.79 Å². The number of halogens is 1. The quantitative estimate of drug-likeness (QED) is 0.814. The average molecular weight is 414 g/mol. The van der Waals surface area contributed by atoms with E-state index < -0.39 is 0 Å². The summed E-state index contributed by atoms with van der Waals surface area (Å²) >= 11 is 3.33. The Labute approximate surface area is 161 Å². The van der Waals surface area contributed by atoms with Crippen LogP contribution in [0.4, 0.5) is 5.82 Å². The SMILES string of the molecule is N#Cc1ccc(CN2CCN(CC(=O)Nc3ccc(Br)cn3)CC2)cc1. The Kier molecular flexibility index (Phi) is 6.34. The van der Waals surface area contributed by atoms with Gasteiger partial charge in [0.2, 0.25) is 5.91 Å². The van der Waals surface area contributed by atoms with E-state index in [0.717, 1.165) is 37.2 Å². The zero-order chi connectivity index (χ0) is 18.4. The highest BCUT2D eigenvalue weighted by atomic mass is 79.9. The van der Waals surface area contributed by atoms with Gasteiger partial charge in [0.25, 0.3) is 0 Å². The zero-order valence-corrected chi connectivity index (χ0v) is 15.9. The second-order valence-electron chi connectivity index (χ2n) is 6.27. The molecule has 1 saturated heterocycles. The van der Waals surface area contributed by atoms with Crippen LogP contribution in [0, 0.1) is 11.3 Å². The standard InChI is InChI=1S/C19H20BrN5O/c20-17-5-6-18(22-12-17)23-19(26)14-25-9-7-24(8-10-25)13-16-3-1-15(11-21)2-4-16/h1-6,12H,7-10,13-14H2,(H,22,23,26). The number of piperazine rings is 1. The fourth-order valence-electron chi connectivity index (χ4n) is 2.88. The highest BCUT2D eigenvalue weighted by Crippen LogP contribution is 2.12. The lowest BCUT2D eigenvalue weighted by Gasteiger charge is -2.34. The second kappa shape index (κ2) is 8.90. The summed E-state index contributed by atoms with van der Waals surface area (Å²) in [5.41, 5.74) is 1.89. The van der Waals surface area contributed by atoms with Crippen molar-refractivity contribution in [2.24, 2.45) is 0 Å². The second-order valence-corrected chi connectivity index (χ2v) is 7.19. The van der Waals surface area contributed by atoms with Crippen LogP contribution in [0.1, 0.15) is 11.1 Å². The van der Waals surface area contributed by atoms with Crippen LogP contribution in [0.2, 0.25) is 0 Å². The van der Waals surface area contributed by atoms with Gasteiger partial charge in [0.1, 0.15) is 5.82 Å². The number of pyridine rings is 1. The monoisotopic (exact) mass is 413 g/mol. The summed E-state index contributed by atoms with van der Waals surface area (Å²) in [7, 11) is 0. The third kappa shape index (κ3) is 5.36. The molecule has 26 heavy (non-hydrogen) atoms. The van der Waals surface area contributed by atoms with Crippen molar-refractivity contribution in [1.82, 2.24) is 14.8 Å². The molecule has 0 aliphatic carbocycles. The van der Waals surface area contributed by atoms with Crippen LogP contribution in [0.15, 0.2) is 47.1 Å². The largest absolute Gasteiger partial charge is 0.310 e. The lowest BCUT2D eigenvalue weighted by molar-refractivity contribution is -0.117. The number of aromatic nitrogens is 1. The Bertz CT molecular complexity index is 777. The predicted molar refractivity (Wildman–Crippen MR) is 103 cm³/mol. The van der Waals surface area contributed by atoms with Gasteiger partial charge in [-0.25, -0.2) is 4.98 Å². The van der Waals surface area contributed by atoms with Crippen LogP contribution < -0.4 is 5.32 Å². The van der Waals surface area contributed by atoms with Gasteiger partial charge in [0.05, 0.1) is 18.2 Å². The maximum atomic E-state index is 12.2. The number of benzene rings is 1. The van der Waals surface area contributed by atoms with Crippen LogP contribution in [0.25, 0.3) is 0 Å². The number of anilines is 1. The van der Waals surface area contributed by atoms with E-state index in [0.29, 0.717) is 17.9 Å². The third-order valence-corrected chi connectivity index (χ3v) is 4.79. The van der Waals surface area contributed by atoms with Gasteiger partial charge in [0, 0.05) is 43.4 Å². The molecule has 1 aromatic carbocycles. The van der Waals surface area contributed by atoms with Crippen LogP contribution in [-0.2, 0) is 11.3 Å². The molecule has 134 valence electrons. The van der Waals surface area contributed by atoms with E-state index in [1.165, 1.54) is 5.56 Å². The molecule has 0 radical (unpaired) electrons. The van der Waals surface area contributed by atoms with Crippen LogP contribution in [0.5, 0.6) is 0 Å². The van der Waals surface area contributed by atoms with Crippen molar-refractivity contribution in [3.8, 4) is 6.07 Å². The minimum absolute atomic E-state index is 0.0413. The van der Waals surface area contributed by atoms with Gasteiger partial charge in [-0.1, -0.05) is 12.1 Å².